The van der Waals surface area contributed by atoms with Gasteiger partial charge in [0.1, 0.15) is 11.5 Å². The van der Waals surface area contributed by atoms with Gasteiger partial charge in [-0.15, -0.1) is 0 Å². The molecular weight excluding hydrogens is 376 g/mol. The molecule has 0 saturated carbocycles. The Morgan fingerprint density at radius 1 is 0.862 bits per heavy atom. The molecule has 0 unspecified atom stereocenters. The van der Waals surface area contributed by atoms with E-state index in [9.17, 15) is 9.59 Å². The highest BCUT2D eigenvalue weighted by Crippen LogP contribution is 2.29. The zero-order valence-electron chi connectivity index (χ0n) is 17.0. The lowest BCUT2D eigenvalue weighted by atomic mass is 10.2. The second kappa shape index (κ2) is 10.8. The molecule has 0 aliphatic rings. The summed E-state index contributed by atoms with van der Waals surface area (Å²) in [5.74, 6) is 1.32. The van der Waals surface area contributed by atoms with Crippen molar-refractivity contribution in [2.24, 2.45) is 0 Å². The van der Waals surface area contributed by atoms with Crippen molar-refractivity contribution < 1.29 is 28.5 Å². The average molecular weight is 402 g/mol. The van der Waals surface area contributed by atoms with Crippen LogP contribution in [0.4, 0.5) is 5.69 Å². The molecular formula is C21H26N2O6. The molecule has 0 aromatic heterocycles. The van der Waals surface area contributed by atoms with E-state index in [1.807, 2.05) is 13.8 Å². The molecule has 8 heteroatoms. The molecule has 8 nitrogen and oxygen atoms in total. The van der Waals surface area contributed by atoms with Crippen LogP contribution in [0.1, 0.15) is 24.2 Å². The van der Waals surface area contributed by atoms with Crippen LogP contribution in [0, 0.1) is 0 Å². The van der Waals surface area contributed by atoms with Crippen molar-refractivity contribution in [2.45, 2.75) is 13.8 Å². The number of methoxy groups -OCH3 is 2. The molecule has 2 aromatic carbocycles. The maximum Gasteiger partial charge on any atom is 0.251 e. The van der Waals surface area contributed by atoms with Crippen molar-refractivity contribution in [3.05, 3.63) is 42.0 Å². The lowest BCUT2D eigenvalue weighted by molar-refractivity contribution is -0.115. The fourth-order valence-electron chi connectivity index (χ4n) is 2.55. The Kier molecular flexibility index (Phi) is 8.14. The third kappa shape index (κ3) is 6.03. The Labute approximate surface area is 170 Å². The van der Waals surface area contributed by atoms with Crippen LogP contribution in [0.3, 0.4) is 0 Å². The molecule has 0 heterocycles. The zero-order chi connectivity index (χ0) is 21.2. The highest BCUT2D eigenvalue weighted by molar-refractivity contribution is 6.00. The Morgan fingerprint density at radius 2 is 1.59 bits per heavy atom. The van der Waals surface area contributed by atoms with Crippen LogP contribution in [-0.2, 0) is 4.79 Å². The van der Waals surface area contributed by atoms with Crippen molar-refractivity contribution in [2.75, 3.05) is 39.3 Å². The molecule has 2 amide bonds. The number of ether oxygens (including phenoxy) is 4. The van der Waals surface area contributed by atoms with Gasteiger partial charge in [0.05, 0.1) is 39.7 Å². The normalized spacial score (nSPS) is 10.1. The minimum absolute atomic E-state index is 0.203. The van der Waals surface area contributed by atoms with Crippen LogP contribution in [-0.4, -0.2) is 45.8 Å². The van der Waals surface area contributed by atoms with Crippen LogP contribution in [0.25, 0.3) is 0 Å². The summed E-state index contributed by atoms with van der Waals surface area (Å²) < 4.78 is 21.4. The molecule has 0 saturated heterocycles. The van der Waals surface area contributed by atoms with Crippen LogP contribution in [0.2, 0.25) is 0 Å². The van der Waals surface area contributed by atoms with Gasteiger partial charge in [0.15, 0.2) is 11.5 Å². The third-order valence-electron chi connectivity index (χ3n) is 3.90. The topological polar surface area (TPSA) is 95.1 Å². The molecule has 0 bridgehead atoms. The molecule has 2 aromatic rings. The first-order valence-electron chi connectivity index (χ1n) is 9.22. The Hall–Kier alpha value is -3.42. The van der Waals surface area contributed by atoms with Crippen LogP contribution in [0.5, 0.6) is 23.0 Å². The predicted octanol–water partition coefficient (Wildman–Crippen LogP) is 2.87. The molecule has 0 aliphatic heterocycles. The van der Waals surface area contributed by atoms with Crippen LogP contribution in [0.15, 0.2) is 36.4 Å². The summed E-state index contributed by atoms with van der Waals surface area (Å²) in [6, 6.07) is 9.90. The smallest absolute Gasteiger partial charge is 0.251 e. The second-order valence-corrected chi connectivity index (χ2v) is 5.82. The summed E-state index contributed by atoms with van der Waals surface area (Å²) >= 11 is 0. The zero-order valence-corrected chi connectivity index (χ0v) is 17.0. The van der Waals surface area contributed by atoms with Gasteiger partial charge in [-0.05, 0) is 44.2 Å². The van der Waals surface area contributed by atoms with E-state index in [1.165, 1.54) is 7.11 Å². The number of carbonyl (C=O) groups is 2. The van der Waals surface area contributed by atoms with Gasteiger partial charge in [-0.3, -0.25) is 9.59 Å². The summed E-state index contributed by atoms with van der Waals surface area (Å²) in [5.41, 5.74) is 0.846. The van der Waals surface area contributed by atoms with Crippen molar-refractivity contribution in [3.63, 3.8) is 0 Å². The van der Waals surface area contributed by atoms with Crippen molar-refractivity contribution in [1.29, 1.82) is 0 Å². The van der Waals surface area contributed by atoms with Crippen LogP contribution < -0.4 is 29.6 Å². The lowest BCUT2D eigenvalue weighted by Crippen LogP contribution is -2.32. The summed E-state index contributed by atoms with van der Waals surface area (Å²) in [6.45, 7) is 4.44. The van der Waals surface area contributed by atoms with Crippen LogP contribution >= 0.6 is 0 Å². The van der Waals surface area contributed by atoms with Crippen molar-refractivity contribution in [1.82, 2.24) is 5.32 Å². The summed E-state index contributed by atoms with van der Waals surface area (Å²) in [5, 5.41) is 5.29. The summed E-state index contributed by atoms with van der Waals surface area (Å²) in [7, 11) is 3.04. The number of nitrogens with one attached hydrogen (secondary N) is 2. The second-order valence-electron chi connectivity index (χ2n) is 5.82. The number of benzene rings is 2. The van der Waals surface area contributed by atoms with Gasteiger partial charge in [-0.25, -0.2) is 0 Å². The number of hydrogen-bond donors (Lipinski definition) is 2. The highest BCUT2D eigenvalue weighted by atomic mass is 16.5. The van der Waals surface area contributed by atoms with E-state index in [0.29, 0.717) is 47.5 Å². The molecule has 156 valence electrons. The molecule has 2 N–H and O–H groups in total. The molecule has 0 radical (unpaired) electrons. The Morgan fingerprint density at radius 3 is 2.24 bits per heavy atom. The largest absolute Gasteiger partial charge is 0.497 e. The fraction of sp³-hybridized carbons (Fsp3) is 0.333. The Balaban J connectivity index is 2.00. The standard InChI is InChI=1S/C21H26N2O6/c1-5-28-17-10-7-14(11-19(17)29-6-2)21(25)22-13-20(24)23-16-9-8-15(26-3)12-18(16)27-4/h7-12H,5-6,13H2,1-4H3,(H,22,25)(H,23,24). The van der Waals surface area contributed by atoms with Gasteiger partial charge in [0, 0.05) is 11.6 Å². The monoisotopic (exact) mass is 402 g/mol. The van der Waals surface area contributed by atoms with Crippen molar-refractivity contribution >= 4 is 17.5 Å². The quantitative estimate of drug-likeness (QED) is 0.635. The number of anilines is 1. The minimum Gasteiger partial charge on any atom is -0.497 e. The first-order chi connectivity index (χ1) is 14.0. The van der Waals surface area contributed by atoms with E-state index in [-0.39, 0.29) is 6.54 Å². The van der Waals surface area contributed by atoms with E-state index in [4.69, 9.17) is 18.9 Å². The molecule has 0 atom stereocenters. The number of amides is 2. The van der Waals surface area contributed by atoms with Gasteiger partial charge in [0.2, 0.25) is 5.91 Å². The third-order valence-corrected chi connectivity index (χ3v) is 3.90. The SMILES string of the molecule is CCOc1ccc(C(=O)NCC(=O)Nc2ccc(OC)cc2OC)cc1OCC. The lowest BCUT2D eigenvalue weighted by Gasteiger charge is -2.13. The van der Waals surface area contributed by atoms with E-state index >= 15 is 0 Å². The van der Waals surface area contributed by atoms with Gasteiger partial charge in [-0.1, -0.05) is 0 Å². The first-order valence-corrected chi connectivity index (χ1v) is 9.22. The number of rotatable bonds is 10. The molecule has 29 heavy (non-hydrogen) atoms. The van der Waals surface area contributed by atoms with E-state index in [0.717, 1.165) is 0 Å². The van der Waals surface area contributed by atoms with E-state index in [2.05, 4.69) is 10.6 Å². The maximum absolute atomic E-state index is 12.4. The van der Waals surface area contributed by atoms with Crippen molar-refractivity contribution in [3.8, 4) is 23.0 Å². The number of hydrogen-bond acceptors (Lipinski definition) is 6. The predicted molar refractivity (Wildman–Crippen MR) is 109 cm³/mol. The maximum atomic E-state index is 12.4. The van der Waals surface area contributed by atoms with Gasteiger partial charge in [0.25, 0.3) is 5.91 Å². The van der Waals surface area contributed by atoms with Gasteiger partial charge in [-0.2, -0.15) is 0 Å². The summed E-state index contributed by atoms with van der Waals surface area (Å²) in [6.07, 6.45) is 0. The van der Waals surface area contributed by atoms with Gasteiger partial charge >= 0.3 is 0 Å². The minimum atomic E-state index is -0.397. The fourth-order valence-corrected chi connectivity index (χ4v) is 2.55. The van der Waals surface area contributed by atoms with E-state index in [1.54, 1.807) is 43.5 Å². The highest BCUT2D eigenvalue weighted by Gasteiger charge is 2.14. The number of carbonyl (C=O) groups excluding carboxylic acids is 2. The average Bonchev–Trinajstić information content (AvgIpc) is 2.73. The summed E-state index contributed by atoms with van der Waals surface area (Å²) in [4.78, 5) is 24.6. The molecule has 0 fully saturated rings. The molecule has 0 aliphatic carbocycles. The first kappa shape index (κ1) is 21.9. The van der Waals surface area contributed by atoms with E-state index < -0.39 is 11.8 Å². The van der Waals surface area contributed by atoms with Gasteiger partial charge < -0.3 is 29.6 Å². The molecule has 0 spiro atoms. The Bertz CT molecular complexity index is 853. The molecule has 2 rings (SSSR count).